The lowest BCUT2D eigenvalue weighted by Gasteiger charge is -2.10. The molecular formula is C26H29NO4S. The quantitative estimate of drug-likeness (QED) is 0.388. The zero-order valence-electron chi connectivity index (χ0n) is 18.9. The maximum absolute atomic E-state index is 12.8. The summed E-state index contributed by atoms with van der Waals surface area (Å²) in [6.07, 6.45) is 0.199. The first kappa shape index (κ1) is 23.5. The van der Waals surface area contributed by atoms with Gasteiger partial charge in [0.2, 0.25) is 5.91 Å². The predicted molar refractivity (Wildman–Crippen MR) is 130 cm³/mol. The number of carbonyl (C=O) groups excluding carboxylic acids is 2. The Morgan fingerprint density at radius 1 is 0.969 bits per heavy atom. The van der Waals surface area contributed by atoms with E-state index in [2.05, 4.69) is 31.3 Å². The van der Waals surface area contributed by atoms with Crippen molar-refractivity contribution in [3.63, 3.8) is 0 Å². The molecule has 0 radical (unpaired) electrons. The van der Waals surface area contributed by atoms with E-state index in [9.17, 15) is 9.59 Å². The third-order valence-electron chi connectivity index (χ3n) is 5.01. The number of anilines is 1. The van der Waals surface area contributed by atoms with Gasteiger partial charge in [-0.25, -0.2) is 4.79 Å². The molecule has 3 aromatic rings. The van der Waals surface area contributed by atoms with Gasteiger partial charge in [0.15, 0.2) is 0 Å². The minimum Gasteiger partial charge on any atom is -0.494 e. The van der Waals surface area contributed by atoms with Gasteiger partial charge in [0.05, 0.1) is 19.6 Å². The van der Waals surface area contributed by atoms with Crippen molar-refractivity contribution in [2.24, 2.45) is 0 Å². The van der Waals surface area contributed by atoms with Crippen LogP contribution < -0.4 is 10.1 Å². The molecule has 1 aromatic heterocycles. The van der Waals surface area contributed by atoms with Crippen molar-refractivity contribution in [1.82, 2.24) is 0 Å². The van der Waals surface area contributed by atoms with E-state index >= 15 is 0 Å². The number of carbonyl (C=O) groups is 2. The lowest BCUT2D eigenvalue weighted by Crippen LogP contribution is -2.16. The molecule has 0 bridgehead atoms. The zero-order valence-corrected chi connectivity index (χ0v) is 19.8. The van der Waals surface area contributed by atoms with Gasteiger partial charge >= 0.3 is 5.97 Å². The highest BCUT2D eigenvalue weighted by Crippen LogP contribution is 2.37. The molecule has 1 N–H and O–H groups in total. The van der Waals surface area contributed by atoms with Gasteiger partial charge in [-0.3, -0.25) is 4.79 Å². The van der Waals surface area contributed by atoms with E-state index in [0.717, 1.165) is 22.4 Å². The summed E-state index contributed by atoms with van der Waals surface area (Å²) in [4.78, 5) is 25.5. The highest BCUT2D eigenvalue weighted by molar-refractivity contribution is 7.15. The molecular weight excluding hydrogens is 422 g/mol. The van der Waals surface area contributed by atoms with E-state index < -0.39 is 5.97 Å². The van der Waals surface area contributed by atoms with Crippen LogP contribution in [0.5, 0.6) is 5.75 Å². The molecule has 0 spiro atoms. The number of hydrogen-bond donors (Lipinski definition) is 1. The van der Waals surface area contributed by atoms with Crippen LogP contribution in [0, 0.1) is 0 Å². The highest BCUT2D eigenvalue weighted by Gasteiger charge is 2.23. The van der Waals surface area contributed by atoms with E-state index in [4.69, 9.17) is 9.47 Å². The SMILES string of the molecule is CCOC(=O)c1c(-c2ccc(C(C)C)cc2)csc1NC(=O)Cc1ccc(OCC)cc1. The summed E-state index contributed by atoms with van der Waals surface area (Å²) >= 11 is 1.33. The topological polar surface area (TPSA) is 64.6 Å². The fourth-order valence-electron chi connectivity index (χ4n) is 3.34. The Morgan fingerprint density at radius 2 is 1.66 bits per heavy atom. The Morgan fingerprint density at radius 3 is 2.25 bits per heavy atom. The Hall–Kier alpha value is -3.12. The van der Waals surface area contributed by atoms with Crippen LogP contribution in [0.4, 0.5) is 5.00 Å². The van der Waals surface area contributed by atoms with Gasteiger partial charge in [0, 0.05) is 10.9 Å². The first-order valence-corrected chi connectivity index (χ1v) is 11.7. The summed E-state index contributed by atoms with van der Waals surface area (Å²) in [6, 6.07) is 15.6. The average molecular weight is 452 g/mol. The minimum absolute atomic E-state index is 0.191. The smallest absolute Gasteiger partial charge is 0.341 e. The van der Waals surface area contributed by atoms with E-state index in [-0.39, 0.29) is 18.9 Å². The first-order valence-electron chi connectivity index (χ1n) is 10.8. The molecule has 32 heavy (non-hydrogen) atoms. The Balaban J connectivity index is 1.82. The number of esters is 1. The van der Waals surface area contributed by atoms with Crippen LogP contribution in [0.3, 0.4) is 0 Å². The van der Waals surface area contributed by atoms with Crippen LogP contribution in [0.2, 0.25) is 0 Å². The molecule has 0 saturated carbocycles. The van der Waals surface area contributed by atoms with Crippen molar-refractivity contribution in [2.75, 3.05) is 18.5 Å². The lowest BCUT2D eigenvalue weighted by molar-refractivity contribution is -0.115. The molecule has 2 aromatic carbocycles. The normalized spacial score (nSPS) is 10.8. The number of nitrogens with one attached hydrogen (secondary N) is 1. The van der Waals surface area contributed by atoms with Crippen LogP contribution in [0.25, 0.3) is 11.1 Å². The molecule has 0 aliphatic carbocycles. The maximum Gasteiger partial charge on any atom is 0.341 e. The summed E-state index contributed by atoms with van der Waals surface area (Å²) < 4.78 is 10.7. The van der Waals surface area contributed by atoms with Gasteiger partial charge in [0.25, 0.3) is 0 Å². The molecule has 0 atom stereocenters. The maximum atomic E-state index is 12.8. The second-order valence-electron chi connectivity index (χ2n) is 7.65. The lowest BCUT2D eigenvalue weighted by atomic mass is 9.98. The third-order valence-corrected chi connectivity index (χ3v) is 5.91. The van der Waals surface area contributed by atoms with Crippen LogP contribution in [0.1, 0.15) is 55.1 Å². The monoisotopic (exact) mass is 451 g/mol. The summed E-state index contributed by atoms with van der Waals surface area (Å²) in [6.45, 7) is 8.84. The standard InChI is InChI=1S/C26H29NO4S/c1-5-30-21-13-7-18(8-14-21)15-23(28)27-25-24(26(29)31-6-2)22(16-32-25)20-11-9-19(10-12-20)17(3)4/h7-14,16-17H,5-6,15H2,1-4H3,(H,27,28). The molecule has 0 aliphatic rings. The van der Waals surface area contributed by atoms with Gasteiger partial charge in [-0.1, -0.05) is 50.2 Å². The van der Waals surface area contributed by atoms with Crippen molar-refractivity contribution in [1.29, 1.82) is 0 Å². The molecule has 3 rings (SSSR count). The van der Waals surface area contributed by atoms with Gasteiger partial charge in [-0.2, -0.15) is 0 Å². The van der Waals surface area contributed by atoms with E-state index in [1.165, 1.54) is 16.9 Å². The molecule has 0 unspecified atom stereocenters. The number of benzene rings is 2. The Kier molecular flexibility index (Phi) is 8.06. The largest absolute Gasteiger partial charge is 0.494 e. The van der Waals surface area contributed by atoms with Gasteiger partial charge < -0.3 is 14.8 Å². The fraction of sp³-hybridized carbons (Fsp3) is 0.308. The number of ether oxygens (including phenoxy) is 2. The molecule has 1 amide bonds. The van der Waals surface area contributed by atoms with Gasteiger partial charge in [0.1, 0.15) is 16.3 Å². The van der Waals surface area contributed by atoms with E-state index in [1.54, 1.807) is 6.92 Å². The molecule has 0 aliphatic heterocycles. The Labute approximate surface area is 193 Å². The number of thiophene rings is 1. The van der Waals surface area contributed by atoms with Crippen molar-refractivity contribution in [2.45, 2.75) is 40.0 Å². The zero-order chi connectivity index (χ0) is 23.1. The highest BCUT2D eigenvalue weighted by atomic mass is 32.1. The van der Waals surface area contributed by atoms with Crippen LogP contribution >= 0.6 is 11.3 Å². The van der Waals surface area contributed by atoms with E-state index in [0.29, 0.717) is 23.1 Å². The fourth-order valence-corrected chi connectivity index (χ4v) is 4.32. The Bertz CT molecular complexity index is 1050. The second-order valence-corrected chi connectivity index (χ2v) is 8.53. The minimum atomic E-state index is -0.437. The van der Waals surface area contributed by atoms with Crippen LogP contribution in [-0.4, -0.2) is 25.1 Å². The van der Waals surface area contributed by atoms with Crippen molar-refractivity contribution in [3.05, 3.63) is 70.6 Å². The van der Waals surface area contributed by atoms with Crippen LogP contribution in [0.15, 0.2) is 53.9 Å². The number of rotatable bonds is 9. The molecule has 168 valence electrons. The summed E-state index contributed by atoms with van der Waals surface area (Å²) in [5, 5.41) is 5.30. The summed E-state index contributed by atoms with van der Waals surface area (Å²) in [5.74, 6) is 0.567. The summed E-state index contributed by atoms with van der Waals surface area (Å²) in [7, 11) is 0. The van der Waals surface area contributed by atoms with Crippen molar-refractivity contribution in [3.8, 4) is 16.9 Å². The molecule has 6 heteroatoms. The number of hydrogen-bond acceptors (Lipinski definition) is 5. The average Bonchev–Trinajstić information content (AvgIpc) is 3.19. The van der Waals surface area contributed by atoms with Gasteiger partial charge in [-0.15, -0.1) is 11.3 Å². The van der Waals surface area contributed by atoms with Crippen molar-refractivity contribution >= 4 is 28.2 Å². The van der Waals surface area contributed by atoms with Crippen molar-refractivity contribution < 1.29 is 19.1 Å². The second kappa shape index (κ2) is 11.0. The van der Waals surface area contributed by atoms with Crippen LogP contribution in [-0.2, 0) is 16.0 Å². The first-order chi connectivity index (χ1) is 15.4. The number of amides is 1. The molecule has 5 nitrogen and oxygen atoms in total. The molecule has 0 fully saturated rings. The summed E-state index contributed by atoms with van der Waals surface area (Å²) in [5.41, 5.74) is 4.17. The van der Waals surface area contributed by atoms with Gasteiger partial charge in [-0.05, 0) is 48.6 Å². The van der Waals surface area contributed by atoms with E-state index in [1.807, 2.05) is 48.7 Å². The molecule has 1 heterocycles. The predicted octanol–water partition coefficient (Wildman–Crippen LogP) is 6.30. The molecule has 0 saturated heterocycles. The third kappa shape index (κ3) is 5.77.